The average Bonchev–Trinajstić information content (AvgIpc) is 2.46. The highest BCUT2D eigenvalue weighted by molar-refractivity contribution is 7.91. The Kier molecular flexibility index (Phi) is 4.68. The number of anilines is 1. The lowest BCUT2D eigenvalue weighted by atomic mass is 10.2. The number of sulfone groups is 1. The molecule has 0 radical (unpaired) electrons. The van der Waals surface area contributed by atoms with Crippen molar-refractivity contribution in [2.45, 2.75) is 18.4 Å². The molecule has 0 aliphatic heterocycles. The van der Waals surface area contributed by atoms with Crippen molar-refractivity contribution in [2.75, 3.05) is 11.1 Å². The van der Waals surface area contributed by atoms with E-state index in [-0.39, 0.29) is 5.75 Å². The molecular formula is C15H16ClNO2S. The van der Waals surface area contributed by atoms with Crippen molar-refractivity contribution in [3.63, 3.8) is 0 Å². The molecule has 0 unspecified atom stereocenters. The van der Waals surface area contributed by atoms with E-state index in [1.165, 1.54) is 0 Å². The molecule has 0 saturated heterocycles. The summed E-state index contributed by atoms with van der Waals surface area (Å²) in [4.78, 5) is 0.355. The molecule has 0 heterocycles. The van der Waals surface area contributed by atoms with Gasteiger partial charge in [-0.2, -0.15) is 0 Å². The Labute approximate surface area is 124 Å². The molecule has 1 N–H and O–H groups in total. The molecule has 0 aromatic heterocycles. The predicted octanol–water partition coefficient (Wildman–Crippen LogP) is 3.75. The molecular weight excluding hydrogens is 294 g/mol. The van der Waals surface area contributed by atoms with Gasteiger partial charge in [-0.1, -0.05) is 30.7 Å². The number of halogens is 1. The molecule has 0 fully saturated rings. The van der Waals surface area contributed by atoms with Gasteiger partial charge in [-0.15, -0.1) is 0 Å². The molecule has 5 heteroatoms. The zero-order chi connectivity index (χ0) is 14.6. The van der Waals surface area contributed by atoms with Crippen molar-refractivity contribution in [1.82, 2.24) is 0 Å². The highest BCUT2D eigenvalue weighted by atomic mass is 35.5. The van der Waals surface area contributed by atoms with Crippen LogP contribution in [-0.4, -0.2) is 14.2 Å². The molecule has 2 aromatic carbocycles. The Morgan fingerprint density at radius 3 is 2.40 bits per heavy atom. The molecule has 0 bridgehead atoms. The van der Waals surface area contributed by atoms with Crippen LogP contribution in [0.1, 0.15) is 12.5 Å². The van der Waals surface area contributed by atoms with Crippen LogP contribution in [0.25, 0.3) is 0 Å². The Morgan fingerprint density at radius 2 is 1.80 bits per heavy atom. The highest BCUT2D eigenvalue weighted by Gasteiger charge is 2.10. The van der Waals surface area contributed by atoms with Gasteiger partial charge >= 0.3 is 0 Å². The molecule has 0 spiro atoms. The number of hydrogen-bond acceptors (Lipinski definition) is 3. The second-order valence-electron chi connectivity index (χ2n) is 4.41. The van der Waals surface area contributed by atoms with E-state index in [0.717, 1.165) is 11.3 Å². The van der Waals surface area contributed by atoms with E-state index >= 15 is 0 Å². The summed E-state index contributed by atoms with van der Waals surface area (Å²) in [6, 6.07) is 14.4. The van der Waals surface area contributed by atoms with Crippen molar-refractivity contribution in [3.05, 3.63) is 59.1 Å². The average molecular weight is 310 g/mol. The summed E-state index contributed by atoms with van der Waals surface area (Å²) in [6.07, 6.45) is 0. The number of rotatable bonds is 5. The first-order valence-electron chi connectivity index (χ1n) is 6.32. The topological polar surface area (TPSA) is 46.2 Å². The van der Waals surface area contributed by atoms with Gasteiger partial charge in [0.2, 0.25) is 0 Å². The van der Waals surface area contributed by atoms with E-state index in [0.29, 0.717) is 16.5 Å². The molecule has 20 heavy (non-hydrogen) atoms. The smallest absolute Gasteiger partial charge is 0.178 e. The van der Waals surface area contributed by atoms with E-state index in [9.17, 15) is 8.42 Å². The van der Waals surface area contributed by atoms with Gasteiger partial charge in [0.15, 0.2) is 9.84 Å². The monoisotopic (exact) mass is 309 g/mol. The van der Waals surface area contributed by atoms with Gasteiger partial charge in [0.25, 0.3) is 0 Å². The molecule has 0 amide bonds. The van der Waals surface area contributed by atoms with Crippen LogP contribution in [0.4, 0.5) is 5.69 Å². The quantitative estimate of drug-likeness (QED) is 0.915. The third-order valence-electron chi connectivity index (χ3n) is 2.98. The van der Waals surface area contributed by atoms with Crippen LogP contribution in [0, 0.1) is 0 Å². The van der Waals surface area contributed by atoms with Crippen molar-refractivity contribution in [2.24, 2.45) is 0 Å². The first kappa shape index (κ1) is 14.9. The van der Waals surface area contributed by atoms with Crippen LogP contribution in [-0.2, 0) is 16.4 Å². The van der Waals surface area contributed by atoms with Gasteiger partial charge in [-0.05, 0) is 42.0 Å². The second kappa shape index (κ2) is 6.29. The second-order valence-corrected chi connectivity index (χ2v) is 7.13. The maximum Gasteiger partial charge on any atom is 0.178 e. The summed E-state index contributed by atoms with van der Waals surface area (Å²) in [5.74, 6) is 0.113. The first-order chi connectivity index (χ1) is 9.51. The molecule has 2 rings (SSSR count). The van der Waals surface area contributed by atoms with E-state index in [4.69, 9.17) is 11.6 Å². The zero-order valence-electron chi connectivity index (χ0n) is 11.1. The predicted molar refractivity (Wildman–Crippen MR) is 82.9 cm³/mol. The molecule has 0 saturated carbocycles. The lowest BCUT2D eigenvalue weighted by molar-refractivity contribution is 0.597. The Hall–Kier alpha value is -1.52. The van der Waals surface area contributed by atoms with Gasteiger partial charge in [0, 0.05) is 17.3 Å². The van der Waals surface area contributed by atoms with Crippen LogP contribution in [0.15, 0.2) is 53.4 Å². The van der Waals surface area contributed by atoms with E-state index < -0.39 is 9.84 Å². The summed E-state index contributed by atoms with van der Waals surface area (Å²) in [5, 5.41) is 3.93. The van der Waals surface area contributed by atoms with Gasteiger partial charge in [-0.25, -0.2) is 8.42 Å². The number of hydrogen-bond donors (Lipinski definition) is 1. The maximum atomic E-state index is 11.7. The molecule has 3 nitrogen and oxygen atoms in total. The molecule has 2 aromatic rings. The summed E-state index contributed by atoms with van der Waals surface area (Å²) in [5.41, 5.74) is 1.95. The fourth-order valence-corrected chi connectivity index (χ4v) is 2.89. The fourth-order valence-electron chi connectivity index (χ4n) is 1.80. The molecule has 0 aliphatic rings. The maximum absolute atomic E-state index is 11.7. The summed E-state index contributed by atoms with van der Waals surface area (Å²) in [7, 11) is -3.13. The zero-order valence-corrected chi connectivity index (χ0v) is 12.7. The van der Waals surface area contributed by atoms with Crippen molar-refractivity contribution in [3.8, 4) is 0 Å². The largest absolute Gasteiger partial charge is 0.381 e. The minimum atomic E-state index is -3.13. The van der Waals surface area contributed by atoms with Gasteiger partial charge in [0.1, 0.15) is 0 Å². The molecule has 0 aliphatic carbocycles. The minimum absolute atomic E-state index is 0.113. The Bertz CT molecular complexity index is 681. The Morgan fingerprint density at radius 1 is 1.10 bits per heavy atom. The van der Waals surface area contributed by atoms with Crippen LogP contribution in [0.2, 0.25) is 5.02 Å². The van der Waals surface area contributed by atoms with Gasteiger partial charge in [-0.3, -0.25) is 0 Å². The van der Waals surface area contributed by atoms with Crippen molar-refractivity contribution >= 4 is 27.1 Å². The highest BCUT2D eigenvalue weighted by Crippen LogP contribution is 2.17. The van der Waals surface area contributed by atoms with Crippen molar-refractivity contribution < 1.29 is 8.42 Å². The van der Waals surface area contributed by atoms with E-state index in [2.05, 4.69) is 5.32 Å². The van der Waals surface area contributed by atoms with Crippen LogP contribution in [0.5, 0.6) is 0 Å². The summed E-state index contributed by atoms with van der Waals surface area (Å²) in [6.45, 7) is 2.28. The van der Waals surface area contributed by atoms with Gasteiger partial charge < -0.3 is 5.32 Å². The first-order valence-corrected chi connectivity index (χ1v) is 8.35. The van der Waals surface area contributed by atoms with Crippen LogP contribution in [0.3, 0.4) is 0 Å². The summed E-state index contributed by atoms with van der Waals surface area (Å²) >= 11 is 5.92. The van der Waals surface area contributed by atoms with E-state index in [1.807, 2.05) is 24.3 Å². The normalized spacial score (nSPS) is 11.3. The minimum Gasteiger partial charge on any atom is -0.381 e. The lowest BCUT2D eigenvalue weighted by Crippen LogP contribution is -2.04. The summed E-state index contributed by atoms with van der Waals surface area (Å²) < 4.78 is 23.4. The fraction of sp³-hybridized carbons (Fsp3) is 0.200. The standard InChI is InChI=1S/C15H16ClNO2S/c1-2-20(18,19)15-8-6-14(7-9-15)17-11-12-4-3-5-13(16)10-12/h3-10,17H,2,11H2,1H3. The third kappa shape index (κ3) is 3.74. The molecule has 0 atom stereocenters. The number of benzene rings is 2. The van der Waals surface area contributed by atoms with E-state index in [1.54, 1.807) is 31.2 Å². The SMILES string of the molecule is CCS(=O)(=O)c1ccc(NCc2cccc(Cl)c2)cc1. The van der Waals surface area contributed by atoms with Crippen LogP contribution < -0.4 is 5.32 Å². The Balaban J connectivity index is 2.05. The molecule has 106 valence electrons. The van der Waals surface area contributed by atoms with Crippen LogP contribution >= 0.6 is 11.6 Å². The van der Waals surface area contributed by atoms with Crippen molar-refractivity contribution in [1.29, 1.82) is 0 Å². The lowest BCUT2D eigenvalue weighted by Gasteiger charge is -2.08. The third-order valence-corrected chi connectivity index (χ3v) is 4.96. The van der Waals surface area contributed by atoms with Gasteiger partial charge in [0.05, 0.1) is 10.6 Å². The number of nitrogens with one attached hydrogen (secondary N) is 1.